The van der Waals surface area contributed by atoms with E-state index in [-0.39, 0.29) is 0 Å². The van der Waals surface area contributed by atoms with E-state index in [4.69, 9.17) is 0 Å². The first-order chi connectivity index (χ1) is 10.4. The van der Waals surface area contributed by atoms with E-state index in [0.717, 1.165) is 12.6 Å². The largest absolute Gasteiger partial charge is 0.289 e. The van der Waals surface area contributed by atoms with Crippen LogP contribution in [0.25, 0.3) is 0 Å². The summed E-state index contributed by atoms with van der Waals surface area (Å²) in [4.78, 5) is 2.74. The number of rotatable bonds is 7. The summed E-state index contributed by atoms with van der Waals surface area (Å²) in [6.07, 6.45) is 13.6. The molecular formula is C20H29N. The fourth-order valence-electron chi connectivity index (χ4n) is 4.01. The fourth-order valence-corrected chi connectivity index (χ4v) is 4.01. The standard InChI is InChI=1S/C20H29N/c1-2-3-4-6-11-18-14-19-12-13-20(15-18)21(19)16-17-9-7-5-8-10-17/h5,7-10,14,19-20H,2-4,6,11-13,15-16H2,1H3. The molecule has 1 fully saturated rings. The van der Waals surface area contributed by atoms with Crippen LogP contribution in [-0.4, -0.2) is 17.0 Å². The highest BCUT2D eigenvalue weighted by molar-refractivity contribution is 5.21. The lowest BCUT2D eigenvalue weighted by molar-refractivity contribution is 0.194. The molecule has 2 heterocycles. The Morgan fingerprint density at radius 2 is 1.90 bits per heavy atom. The molecule has 1 aromatic carbocycles. The van der Waals surface area contributed by atoms with E-state index in [1.54, 1.807) is 5.57 Å². The zero-order valence-corrected chi connectivity index (χ0v) is 13.4. The van der Waals surface area contributed by atoms with Gasteiger partial charge < -0.3 is 0 Å². The molecule has 0 spiro atoms. The van der Waals surface area contributed by atoms with Crippen LogP contribution in [0.1, 0.15) is 63.9 Å². The normalized spacial score (nSPS) is 25.1. The molecule has 21 heavy (non-hydrogen) atoms. The lowest BCUT2D eigenvalue weighted by atomic mass is 9.95. The van der Waals surface area contributed by atoms with Crippen LogP contribution in [-0.2, 0) is 6.54 Å². The molecule has 0 N–H and O–H groups in total. The third-order valence-electron chi connectivity index (χ3n) is 5.18. The average Bonchev–Trinajstić information content (AvgIpc) is 2.75. The van der Waals surface area contributed by atoms with Crippen molar-refractivity contribution in [1.82, 2.24) is 4.90 Å². The summed E-state index contributed by atoms with van der Waals surface area (Å²) in [5, 5.41) is 0. The van der Waals surface area contributed by atoms with Crippen molar-refractivity contribution in [2.75, 3.05) is 0 Å². The Labute approximate surface area is 130 Å². The minimum Gasteiger partial charge on any atom is -0.289 e. The summed E-state index contributed by atoms with van der Waals surface area (Å²) in [5.41, 5.74) is 3.22. The first-order valence-corrected chi connectivity index (χ1v) is 8.86. The van der Waals surface area contributed by atoms with E-state index in [0.29, 0.717) is 6.04 Å². The molecule has 0 aliphatic carbocycles. The Bertz CT molecular complexity index is 462. The fraction of sp³-hybridized carbons (Fsp3) is 0.600. The van der Waals surface area contributed by atoms with E-state index < -0.39 is 0 Å². The number of fused-ring (bicyclic) bond motifs is 2. The maximum atomic E-state index is 2.74. The number of hydrogen-bond donors (Lipinski definition) is 0. The van der Waals surface area contributed by atoms with Gasteiger partial charge in [0, 0.05) is 18.6 Å². The van der Waals surface area contributed by atoms with Crippen LogP contribution >= 0.6 is 0 Å². The van der Waals surface area contributed by atoms with Crippen molar-refractivity contribution in [1.29, 1.82) is 0 Å². The van der Waals surface area contributed by atoms with Crippen molar-refractivity contribution in [3.63, 3.8) is 0 Å². The molecule has 0 radical (unpaired) electrons. The molecule has 1 aromatic rings. The van der Waals surface area contributed by atoms with Crippen LogP contribution in [0.5, 0.6) is 0 Å². The highest BCUT2D eigenvalue weighted by Crippen LogP contribution is 2.37. The molecule has 1 saturated heterocycles. The second-order valence-corrected chi connectivity index (χ2v) is 6.80. The van der Waals surface area contributed by atoms with Crippen LogP contribution in [0, 0.1) is 0 Å². The summed E-state index contributed by atoms with van der Waals surface area (Å²) in [7, 11) is 0. The highest BCUT2D eigenvalue weighted by atomic mass is 15.2. The molecule has 0 saturated carbocycles. The third kappa shape index (κ3) is 3.77. The van der Waals surface area contributed by atoms with Gasteiger partial charge in [-0.15, -0.1) is 0 Å². The Morgan fingerprint density at radius 3 is 2.67 bits per heavy atom. The molecule has 2 unspecified atom stereocenters. The van der Waals surface area contributed by atoms with Crippen LogP contribution < -0.4 is 0 Å². The van der Waals surface area contributed by atoms with E-state index in [1.807, 2.05) is 0 Å². The Balaban J connectivity index is 1.56. The van der Waals surface area contributed by atoms with Crippen molar-refractivity contribution in [2.24, 2.45) is 0 Å². The highest BCUT2D eigenvalue weighted by Gasteiger charge is 2.35. The summed E-state index contributed by atoms with van der Waals surface area (Å²) in [6, 6.07) is 12.5. The predicted molar refractivity (Wildman–Crippen MR) is 90.3 cm³/mol. The minimum atomic E-state index is 0.713. The van der Waals surface area contributed by atoms with Gasteiger partial charge in [0.25, 0.3) is 0 Å². The van der Waals surface area contributed by atoms with Gasteiger partial charge in [0.15, 0.2) is 0 Å². The second kappa shape index (κ2) is 7.26. The monoisotopic (exact) mass is 283 g/mol. The summed E-state index contributed by atoms with van der Waals surface area (Å²) in [6.45, 7) is 3.43. The lowest BCUT2D eigenvalue weighted by Gasteiger charge is -2.34. The maximum absolute atomic E-state index is 2.74. The van der Waals surface area contributed by atoms with Crippen LogP contribution in [0.15, 0.2) is 42.0 Å². The number of unbranched alkanes of at least 4 members (excludes halogenated alkanes) is 3. The van der Waals surface area contributed by atoms with Gasteiger partial charge in [-0.25, -0.2) is 0 Å². The van der Waals surface area contributed by atoms with E-state index in [9.17, 15) is 0 Å². The third-order valence-corrected chi connectivity index (χ3v) is 5.18. The van der Waals surface area contributed by atoms with E-state index in [2.05, 4.69) is 48.2 Å². The molecule has 1 nitrogen and oxygen atoms in total. The first kappa shape index (κ1) is 14.8. The Kier molecular flexibility index (Phi) is 5.13. The van der Waals surface area contributed by atoms with Crippen molar-refractivity contribution in [3.8, 4) is 0 Å². The van der Waals surface area contributed by atoms with Gasteiger partial charge >= 0.3 is 0 Å². The zero-order chi connectivity index (χ0) is 14.5. The van der Waals surface area contributed by atoms with Gasteiger partial charge in [0.05, 0.1) is 0 Å². The van der Waals surface area contributed by atoms with Crippen LogP contribution in [0.3, 0.4) is 0 Å². The summed E-state index contributed by atoms with van der Waals surface area (Å²) >= 11 is 0. The van der Waals surface area contributed by atoms with Gasteiger partial charge in [-0.3, -0.25) is 4.90 Å². The smallest absolute Gasteiger partial charge is 0.0288 e. The van der Waals surface area contributed by atoms with Gasteiger partial charge in [0.2, 0.25) is 0 Å². The molecule has 114 valence electrons. The molecule has 0 aromatic heterocycles. The molecular weight excluding hydrogens is 254 g/mol. The molecule has 1 heteroatoms. The Hall–Kier alpha value is -1.08. The summed E-state index contributed by atoms with van der Waals surface area (Å²) < 4.78 is 0. The summed E-state index contributed by atoms with van der Waals surface area (Å²) in [5.74, 6) is 0. The minimum absolute atomic E-state index is 0.713. The molecule has 2 aliphatic rings. The number of hydrogen-bond acceptors (Lipinski definition) is 1. The number of benzene rings is 1. The van der Waals surface area contributed by atoms with Crippen LogP contribution in [0.4, 0.5) is 0 Å². The average molecular weight is 283 g/mol. The van der Waals surface area contributed by atoms with E-state index >= 15 is 0 Å². The molecule has 2 aliphatic heterocycles. The maximum Gasteiger partial charge on any atom is 0.0288 e. The quantitative estimate of drug-likeness (QED) is 0.483. The van der Waals surface area contributed by atoms with Gasteiger partial charge in [0.1, 0.15) is 0 Å². The molecule has 3 rings (SSSR count). The van der Waals surface area contributed by atoms with Crippen LogP contribution in [0.2, 0.25) is 0 Å². The van der Waals surface area contributed by atoms with Gasteiger partial charge in [-0.2, -0.15) is 0 Å². The lowest BCUT2D eigenvalue weighted by Crippen LogP contribution is -2.37. The van der Waals surface area contributed by atoms with Crippen molar-refractivity contribution >= 4 is 0 Å². The number of nitrogens with zero attached hydrogens (tertiary/aromatic N) is 1. The van der Waals surface area contributed by atoms with Crippen molar-refractivity contribution in [3.05, 3.63) is 47.5 Å². The van der Waals surface area contributed by atoms with Crippen molar-refractivity contribution < 1.29 is 0 Å². The van der Waals surface area contributed by atoms with Crippen molar-refractivity contribution in [2.45, 2.75) is 76.9 Å². The second-order valence-electron chi connectivity index (χ2n) is 6.80. The van der Waals surface area contributed by atoms with Gasteiger partial charge in [-0.1, -0.05) is 68.2 Å². The topological polar surface area (TPSA) is 3.24 Å². The SMILES string of the molecule is CCCCCCC1=CC2CCC(C1)N2Cc1ccccc1. The predicted octanol–water partition coefficient (Wildman–Crippen LogP) is 5.32. The Morgan fingerprint density at radius 1 is 1.05 bits per heavy atom. The molecule has 2 atom stereocenters. The molecule has 2 bridgehead atoms. The molecule has 0 amide bonds. The van der Waals surface area contributed by atoms with Gasteiger partial charge in [-0.05, 0) is 37.7 Å². The van der Waals surface area contributed by atoms with E-state index in [1.165, 1.54) is 56.9 Å². The first-order valence-electron chi connectivity index (χ1n) is 8.86. The zero-order valence-electron chi connectivity index (χ0n) is 13.4.